The van der Waals surface area contributed by atoms with Crippen molar-refractivity contribution in [3.05, 3.63) is 0 Å². The monoisotopic (exact) mass is 249 g/mol. The van der Waals surface area contributed by atoms with Crippen LogP contribution in [0.4, 0.5) is 0 Å². The van der Waals surface area contributed by atoms with E-state index in [0.29, 0.717) is 6.42 Å². The first-order chi connectivity index (χ1) is 7.41. The fourth-order valence-corrected chi connectivity index (χ4v) is 3.24. The summed E-state index contributed by atoms with van der Waals surface area (Å²) in [4.78, 5) is 12.5. The molecule has 1 heterocycles. The Labute approximate surface area is 96.4 Å². The van der Waals surface area contributed by atoms with Crippen molar-refractivity contribution in [3.63, 3.8) is 0 Å². The van der Waals surface area contributed by atoms with E-state index in [-0.39, 0.29) is 11.8 Å². The number of sulfone groups is 1. The number of carbonyl (C=O) groups is 1. The van der Waals surface area contributed by atoms with Gasteiger partial charge in [0.15, 0.2) is 9.84 Å². The molecule has 94 valence electrons. The highest BCUT2D eigenvalue weighted by Gasteiger charge is 2.22. The van der Waals surface area contributed by atoms with Crippen LogP contribution < -0.4 is 0 Å². The van der Waals surface area contributed by atoms with Gasteiger partial charge in [0.1, 0.15) is 5.75 Å². The van der Waals surface area contributed by atoms with Crippen molar-refractivity contribution in [3.8, 4) is 0 Å². The topological polar surface area (TPSA) is 74.7 Å². The molecule has 1 N–H and O–H groups in total. The van der Waals surface area contributed by atoms with Crippen molar-refractivity contribution in [2.24, 2.45) is 0 Å². The van der Waals surface area contributed by atoms with Gasteiger partial charge in [-0.1, -0.05) is 6.42 Å². The summed E-state index contributed by atoms with van der Waals surface area (Å²) in [5.41, 5.74) is 0. The van der Waals surface area contributed by atoms with Crippen molar-refractivity contribution >= 4 is 15.8 Å². The van der Waals surface area contributed by atoms with E-state index in [4.69, 9.17) is 5.11 Å². The Hall–Kier alpha value is -0.620. The molecule has 0 aromatic heterocycles. The van der Waals surface area contributed by atoms with Crippen LogP contribution in [0.2, 0.25) is 0 Å². The van der Waals surface area contributed by atoms with Crippen molar-refractivity contribution in [2.75, 3.05) is 25.1 Å². The standard InChI is InChI=1S/C10H19NO4S/c1-11-6-3-2-4-9(11)5-7-16(14,15)8-10(12)13/h9H,2-8H2,1H3,(H,12,13). The third kappa shape index (κ3) is 4.49. The molecule has 6 heteroatoms. The molecule has 1 fully saturated rings. The molecule has 1 unspecified atom stereocenters. The maximum atomic E-state index is 11.4. The average molecular weight is 249 g/mol. The van der Waals surface area contributed by atoms with Crippen LogP contribution in [-0.2, 0) is 14.6 Å². The highest BCUT2D eigenvalue weighted by atomic mass is 32.2. The summed E-state index contributed by atoms with van der Waals surface area (Å²) in [6.45, 7) is 1.00. The highest BCUT2D eigenvalue weighted by molar-refractivity contribution is 7.92. The Bertz CT molecular complexity index is 339. The van der Waals surface area contributed by atoms with E-state index in [9.17, 15) is 13.2 Å². The Morgan fingerprint density at radius 1 is 1.44 bits per heavy atom. The summed E-state index contributed by atoms with van der Waals surface area (Å²) in [6.07, 6.45) is 3.86. The molecule has 5 nitrogen and oxygen atoms in total. The van der Waals surface area contributed by atoms with Crippen LogP contribution >= 0.6 is 0 Å². The smallest absolute Gasteiger partial charge is 0.318 e. The number of hydrogen-bond donors (Lipinski definition) is 1. The molecule has 0 saturated carbocycles. The minimum absolute atomic E-state index is 0.0195. The van der Waals surface area contributed by atoms with Crippen LogP contribution in [0.3, 0.4) is 0 Å². The number of rotatable bonds is 5. The fourth-order valence-electron chi connectivity index (χ4n) is 2.08. The van der Waals surface area contributed by atoms with Gasteiger partial charge in [-0.15, -0.1) is 0 Å². The largest absolute Gasteiger partial charge is 0.480 e. The second kappa shape index (κ2) is 5.63. The number of carboxylic acid groups (broad SMARTS) is 1. The molecule has 0 aliphatic carbocycles. The molecule has 16 heavy (non-hydrogen) atoms. The number of hydrogen-bond acceptors (Lipinski definition) is 4. The van der Waals surface area contributed by atoms with Crippen LogP contribution in [0.15, 0.2) is 0 Å². The SMILES string of the molecule is CN1CCCCC1CCS(=O)(=O)CC(=O)O. The Morgan fingerprint density at radius 3 is 2.69 bits per heavy atom. The summed E-state index contributed by atoms with van der Waals surface area (Å²) < 4.78 is 22.8. The molecule has 1 rings (SSSR count). The fraction of sp³-hybridized carbons (Fsp3) is 0.900. The molecule has 0 radical (unpaired) electrons. The van der Waals surface area contributed by atoms with Gasteiger partial charge in [-0.25, -0.2) is 8.42 Å². The predicted molar refractivity (Wildman–Crippen MR) is 61.2 cm³/mol. The van der Waals surface area contributed by atoms with E-state index in [1.54, 1.807) is 0 Å². The van der Waals surface area contributed by atoms with Crippen LogP contribution in [-0.4, -0.2) is 55.5 Å². The van der Waals surface area contributed by atoms with Crippen LogP contribution in [0.5, 0.6) is 0 Å². The van der Waals surface area contributed by atoms with E-state index in [1.165, 1.54) is 0 Å². The minimum atomic E-state index is -3.43. The lowest BCUT2D eigenvalue weighted by molar-refractivity contribution is -0.134. The molecule has 1 aliphatic heterocycles. The van der Waals surface area contributed by atoms with E-state index >= 15 is 0 Å². The zero-order valence-corrected chi connectivity index (χ0v) is 10.4. The van der Waals surface area contributed by atoms with Crippen molar-refractivity contribution < 1.29 is 18.3 Å². The number of aliphatic carboxylic acids is 1. The molecule has 0 aromatic rings. The quantitative estimate of drug-likeness (QED) is 0.761. The predicted octanol–water partition coefficient (Wildman–Crippen LogP) is 0.360. The minimum Gasteiger partial charge on any atom is -0.480 e. The van der Waals surface area contributed by atoms with Gasteiger partial charge in [0.25, 0.3) is 0 Å². The van der Waals surface area contributed by atoms with Gasteiger partial charge in [-0.05, 0) is 32.9 Å². The molecule has 0 aromatic carbocycles. The average Bonchev–Trinajstić information content (AvgIpc) is 2.14. The van der Waals surface area contributed by atoms with Gasteiger partial charge in [-0.3, -0.25) is 4.79 Å². The maximum Gasteiger partial charge on any atom is 0.318 e. The first-order valence-electron chi connectivity index (χ1n) is 5.53. The van der Waals surface area contributed by atoms with Crippen molar-refractivity contribution in [1.29, 1.82) is 0 Å². The van der Waals surface area contributed by atoms with Gasteiger partial charge in [-0.2, -0.15) is 0 Å². The number of piperidine rings is 1. The third-order valence-corrected chi connectivity index (χ3v) is 4.57. The summed E-state index contributed by atoms with van der Waals surface area (Å²) >= 11 is 0. The van der Waals surface area contributed by atoms with Crippen LogP contribution in [0.1, 0.15) is 25.7 Å². The molecule has 1 atom stereocenters. The molecule has 0 spiro atoms. The zero-order chi connectivity index (χ0) is 12.2. The molecule has 0 bridgehead atoms. The normalized spacial score (nSPS) is 23.2. The van der Waals surface area contributed by atoms with Crippen molar-refractivity contribution in [1.82, 2.24) is 4.90 Å². The van der Waals surface area contributed by atoms with E-state index in [0.717, 1.165) is 25.8 Å². The highest BCUT2D eigenvalue weighted by Crippen LogP contribution is 2.18. The van der Waals surface area contributed by atoms with E-state index in [2.05, 4.69) is 4.90 Å². The molecule has 0 amide bonds. The van der Waals surface area contributed by atoms with Crippen LogP contribution in [0, 0.1) is 0 Å². The van der Waals surface area contributed by atoms with Crippen LogP contribution in [0.25, 0.3) is 0 Å². The Morgan fingerprint density at radius 2 is 2.12 bits per heavy atom. The lowest BCUT2D eigenvalue weighted by atomic mass is 10.0. The second-order valence-corrected chi connectivity index (χ2v) is 6.59. The third-order valence-electron chi connectivity index (χ3n) is 3.03. The zero-order valence-electron chi connectivity index (χ0n) is 9.55. The van der Waals surface area contributed by atoms with E-state index < -0.39 is 21.6 Å². The number of carboxylic acids is 1. The summed E-state index contributed by atoms with van der Waals surface area (Å²) in [6, 6.07) is 0.289. The number of likely N-dealkylation sites (tertiary alicyclic amines) is 1. The van der Waals surface area contributed by atoms with Gasteiger partial charge >= 0.3 is 5.97 Å². The lowest BCUT2D eigenvalue weighted by Crippen LogP contribution is -2.37. The number of nitrogens with zero attached hydrogens (tertiary/aromatic N) is 1. The first kappa shape index (κ1) is 13.4. The molecular formula is C10H19NO4S. The molecule has 1 saturated heterocycles. The van der Waals surface area contributed by atoms with Gasteiger partial charge < -0.3 is 10.0 Å². The molecular weight excluding hydrogens is 230 g/mol. The van der Waals surface area contributed by atoms with Gasteiger partial charge in [0.05, 0.1) is 5.75 Å². The van der Waals surface area contributed by atoms with E-state index in [1.807, 2.05) is 7.05 Å². The Balaban J connectivity index is 2.41. The maximum absolute atomic E-state index is 11.4. The van der Waals surface area contributed by atoms with Crippen molar-refractivity contribution in [2.45, 2.75) is 31.7 Å². The van der Waals surface area contributed by atoms with Gasteiger partial charge in [0.2, 0.25) is 0 Å². The van der Waals surface area contributed by atoms with Gasteiger partial charge in [0, 0.05) is 6.04 Å². The summed E-state index contributed by atoms with van der Waals surface area (Å²) in [7, 11) is -1.44. The Kier molecular flexibility index (Phi) is 4.73. The second-order valence-electron chi connectivity index (χ2n) is 4.40. The summed E-state index contributed by atoms with van der Waals surface area (Å²) in [5, 5.41) is 8.45. The summed E-state index contributed by atoms with van der Waals surface area (Å²) in [5.74, 6) is -2.03. The first-order valence-corrected chi connectivity index (χ1v) is 7.35. The molecule has 1 aliphatic rings. The lowest BCUT2D eigenvalue weighted by Gasteiger charge is -2.32.